The average molecular weight is 616 g/mol. The molecule has 3 heterocycles. The van der Waals surface area contributed by atoms with Gasteiger partial charge in [0.05, 0.1) is 12.6 Å². The van der Waals surface area contributed by atoms with Gasteiger partial charge in [-0.05, 0) is 6.07 Å². The van der Waals surface area contributed by atoms with Crippen LogP contribution < -0.4 is 10.1 Å². The molecule has 2 aromatic carbocycles. The summed E-state index contributed by atoms with van der Waals surface area (Å²) in [5.41, 5.74) is -0.579. The highest BCUT2D eigenvalue weighted by Gasteiger charge is 2.43. The number of aliphatic hydroxyl groups excluding tert-OH is 1. The molecule has 2 unspecified atom stereocenters. The van der Waals surface area contributed by atoms with Gasteiger partial charge in [-0.25, -0.2) is 4.79 Å². The number of rotatable bonds is 6. The van der Waals surface area contributed by atoms with Crippen LogP contribution >= 0.6 is 0 Å². The van der Waals surface area contributed by atoms with Crippen molar-refractivity contribution in [2.45, 2.75) is 24.5 Å². The summed E-state index contributed by atoms with van der Waals surface area (Å²) in [4.78, 5) is 23.7. The summed E-state index contributed by atoms with van der Waals surface area (Å²) in [6.45, 7) is -0.352. The van der Waals surface area contributed by atoms with Crippen LogP contribution in [0.15, 0.2) is 57.6 Å². The monoisotopic (exact) mass is 616 g/mol. The Morgan fingerprint density at radius 3 is 2.23 bits per heavy atom. The van der Waals surface area contributed by atoms with Crippen LogP contribution in [-0.4, -0.2) is 67.9 Å². The van der Waals surface area contributed by atoms with E-state index in [9.17, 15) is 36.2 Å². The van der Waals surface area contributed by atoms with E-state index in [1.807, 2.05) is 0 Å². The van der Waals surface area contributed by atoms with E-state index in [0.29, 0.717) is 16.9 Å². The molecule has 18 heteroatoms. The van der Waals surface area contributed by atoms with Crippen LogP contribution in [-0.2, 0) is 15.8 Å². The van der Waals surface area contributed by atoms with Crippen molar-refractivity contribution in [3.05, 3.63) is 59.7 Å². The molecule has 2 aromatic heterocycles. The number of alkyl halides is 6. The third-order valence-electron chi connectivity index (χ3n) is 5.79. The van der Waals surface area contributed by atoms with Gasteiger partial charge in [0, 0.05) is 16.7 Å². The molecule has 0 spiro atoms. The molecule has 0 amide bonds. The van der Waals surface area contributed by atoms with E-state index in [4.69, 9.17) is 28.8 Å². The number of benzene rings is 2. The Morgan fingerprint density at radius 2 is 1.63 bits per heavy atom. The Hall–Kier alpha value is -4.97. The Labute approximate surface area is 235 Å². The highest BCUT2D eigenvalue weighted by atomic mass is 19.4. The molecule has 4 N–H and O–H groups in total. The number of aromatic nitrogens is 3. The second-order valence-corrected chi connectivity index (χ2v) is 8.71. The van der Waals surface area contributed by atoms with Crippen LogP contribution in [0.4, 0.5) is 26.3 Å². The number of carbonyl (C=O) groups is 2. The van der Waals surface area contributed by atoms with Crippen molar-refractivity contribution in [2.75, 3.05) is 13.2 Å². The molecule has 0 bridgehead atoms. The van der Waals surface area contributed by atoms with E-state index < -0.39 is 59.3 Å². The summed E-state index contributed by atoms with van der Waals surface area (Å²) in [6.07, 6.45) is -10.9. The summed E-state index contributed by atoms with van der Waals surface area (Å²) < 4.78 is 89.2. The highest BCUT2D eigenvalue weighted by molar-refractivity contribution is 5.73. The van der Waals surface area contributed by atoms with Crippen molar-refractivity contribution in [3.63, 3.8) is 0 Å². The molecule has 1 aliphatic heterocycles. The van der Waals surface area contributed by atoms with Gasteiger partial charge in [-0.3, -0.25) is 10.1 Å². The molecule has 0 radical (unpaired) electrons. The summed E-state index contributed by atoms with van der Waals surface area (Å²) in [5, 5.41) is 36.5. The van der Waals surface area contributed by atoms with Crippen molar-refractivity contribution >= 4 is 11.9 Å². The van der Waals surface area contributed by atoms with Gasteiger partial charge in [-0.1, -0.05) is 52.8 Å². The smallest absolute Gasteiger partial charge is 0.490 e. The van der Waals surface area contributed by atoms with Crippen molar-refractivity contribution in [2.24, 2.45) is 0 Å². The third-order valence-corrected chi connectivity index (χ3v) is 5.79. The number of aliphatic hydroxyl groups is 1. The van der Waals surface area contributed by atoms with Gasteiger partial charge < -0.3 is 29.1 Å². The lowest BCUT2D eigenvalue weighted by Crippen LogP contribution is -2.44. The Morgan fingerprint density at radius 1 is 0.953 bits per heavy atom. The SMILES string of the molecule is O=C(O)C(F)(F)F.O=C(O)CNC1COc2cc(-c3noc(-c4onc(-c5ccccc5)c4C(F)(F)F)n3)ccc2C1O. The number of hydrogen-bond acceptors (Lipinski definition) is 10. The number of aliphatic carboxylic acids is 2. The maximum Gasteiger partial charge on any atom is 0.490 e. The minimum atomic E-state index is -5.08. The molecule has 43 heavy (non-hydrogen) atoms. The fourth-order valence-corrected chi connectivity index (χ4v) is 3.84. The van der Waals surface area contributed by atoms with E-state index in [2.05, 4.69) is 20.6 Å². The minimum absolute atomic E-state index is 0.00232. The van der Waals surface area contributed by atoms with E-state index in [-0.39, 0.29) is 24.5 Å². The van der Waals surface area contributed by atoms with Gasteiger partial charge >= 0.3 is 24.3 Å². The summed E-state index contributed by atoms with van der Waals surface area (Å²) in [6, 6.07) is 11.7. The summed E-state index contributed by atoms with van der Waals surface area (Å²) in [5.74, 6) is -4.80. The number of nitrogens with one attached hydrogen (secondary N) is 1. The first-order valence-corrected chi connectivity index (χ1v) is 11.8. The zero-order chi connectivity index (χ0) is 31.5. The Kier molecular flexibility index (Phi) is 8.72. The molecule has 0 saturated carbocycles. The van der Waals surface area contributed by atoms with E-state index in [0.717, 1.165) is 0 Å². The van der Waals surface area contributed by atoms with Gasteiger partial charge in [-0.15, -0.1) is 0 Å². The minimum Gasteiger partial charge on any atom is -0.491 e. The maximum absolute atomic E-state index is 13.9. The van der Waals surface area contributed by atoms with Crippen LogP contribution in [0.25, 0.3) is 34.3 Å². The summed E-state index contributed by atoms with van der Waals surface area (Å²) in [7, 11) is 0. The lowest BCUT2D eigenvalue weighted by atomic mass is 9.97. The van der Waals surface area contributed by atoms with Gasteiger partial charge in [0.15, 0.2) is 0 Å². The first-order chi connectivity index (χ1) is 20.2. The molecular weight excluding hydrogens is 598 g/mol. The second kappa shape index (κ2) is 12.1. The largest absolute Gasteiger partial charge is 0.491 e. The second-order valence-electron chi connectivity index (χ2n) is 8.71. The first-order valence-electron chi connectivity index (χ1n) is 11.8. The normalized spacial score (nSPS) is 16.4. The summed E-state index contributed by atoms with van der Waals surface area (Å²) >= 11 is 0. The van der Waals surface area contributed by atoms with E-state index in [1.54, 1.807) is 18.2 Å². The fraction of sp³-hybridized carbons (Fsp3) is 0.240. The number of ether oxygens (including phenoxy) is 1. The molecule has 12 nitrogen and oxygen atoms in total. The molecule has 1 aliphatic rings. The van der Waals surface area contributed by atoms with Crippen molar-refractivity contribution in [1.29, 1.82) is 0 Å². The number of halogens is 6. The lowest BCUT2D eigenvalue weighted by molar-refractivity contribution is -0.192. The van der Waals surface area contributed by atoms with Crippen LogP contribution in [0.1, 0.15) is 17.2 Å². The molecule has 0 fully saturated rings. The number of nitrogens with zero attached hydrogens (tertiary/aromatic N) is 3. The van der Waals surface area contributed by atoms with Crippen molar-refractivity contribution < 1.29 is 65.0 Å². The molecule has 2 atom stereocenters. The molecule has 4 aromatic rings. The number of carboxylic acid groups (broad SMARTS) is 2. The number of carboxylic acids is 2. The molecule has 228 valence electrons. The van der Waals surface area contributed by atoms with Crippen molar-refractivity contribution in [1.82, 2.24) is 20.6 Å². The van der Waals surface area contributed by atoms with E-state index in [1.165, 1.54) is 30.3 Å². The third kappa shape index (κ3) is 7.09. The Bertz CT molecular complexity index is 1600. The molecule has 0 saturated heterocycles. The predicted octanol–water partition coefficient (Wildman–Crippen LogP) is 4.18. The van der Waals surface area contributed by atoms with Crippen LogP contribution in [0.2, 0.25) is 0 Å². The first kappa shape index (κ1) is 31.0. The van der Waals surface area contributed by atoms with Crippen LogP contribution in [0.5, 0.6) is 5.75 Å². The van der Waals surface area contributed by atoms with Gasteiger partial charge in [0.1, 0.15) is 29.7 Å². The van der Waals surface area contributed by atoms with Gasteiger partial charge in [-0.2, -0.15) is 31.3 Å². The highest BCUT2D eigenvalue weighted by Crippen LogP contribution is 2.43. The quantitative estimate of drug-likeness (QED) is 0.227. The predicted molar refractivity (Wildman–Crippen MR) is 129 cm³/mol. The molecule has 5 rings (SSSR count). The van der Waals surface area contributed by atoms with Gasteiger partial charge in [0.2, 0.25) is 11.6 Å². The Balaban J connectivity index is 0.000000541. The number of fused-ring (bicyclic) bond motifs is 1. The molecule has 0 aliphatic carbocycles. The standard InChI is InChI=1S/C23H17F3N4O6.C2HF3O2/c24-23(25,26)17-18(11-4-2-1-3-5-11)29-35-20(17)22-28-21(30-36-22)12-6-7-13-15(8-12)34-10-14(19(13)33)27-9-16(31)32;3-2(4,5)1(6)7/h1-8,14,19,27,33H,9-10H2,(H,31,32);(H,6,7). The van der Waals surface area contributed by atoms with E-state index >= 15 is 0 Å². The zero-order valence-electron chi connectivity index (χ0n) is 21.2. The fourth-order valence-electron chi connectivity index (χ4n) is 3.84. The average Bonchev–Trinajstić information content (AvgIpc) is 3.61. The number of hydrogen-bond donors (Lipinski definition) is 4. The molecular formula is C25H18F6N4O8. The topological polar surface area (TPSA) is 181 Å². The lowest BCUT2D eigenvalue weighted by Gasteiger charge is -2.30. The van der Waals surface area contributed by atoms with Crippen molar-refractivity contribution in [3.8, 4) is 40.0 Å². The maximum atomic E-state index is 13.9. The van der Waals surface area contributed by atoms with Crippen LogP contribution in [0.3, 0.4) is 0 Å². The van der Waals surface area contributed by atoms with Gasteiger partial charge in [0.25, 0.3) is 5.89 Å². The zero-order valence-corrected chi connectivity index (χ0v) is 21.2. The van der Waals surface area contributed by atoms with Crippen LogP contribution in [0, 0.1) is 0 Å².